The summed E-state index contributed by atoms with van der Waals surface area (Å²) in [5.41, 5.74) is 5.88. The SMILES string of the molecule is CCC1CCN(C(=O)CN2CCC(N)CC2)CC1. The van der Waals surface area contributed by atoms with Gasteiger partial charge >= 0.3 is 0 Å². The van der Waals surface area contributed by atoms with E-state index in [1.807, 2.05) is 0 Å². The summed E-state index contributed by atoms with van der Waals surface area (Å²) in [5, 5.41) is 0. The summed E-state index contributed by atoms with van der Waals surface area (Å²) in [6.07, 6.45) is 5.70. The summed E-state index contributed by atoms with van der Waals surface area (Å²) in [6, 6.07) is 0.344. The molecule has 0 unspecified atom stereocenters. The van der Waals surface area contributed by atoms with Gasteiger partial charge in [0.2, 0.25) is 5.91 Å². The van der Waals surface area contributed by atoms with E-state index in [9.17, 15) is 4.79 Å². The topological polar surface area (TPSA) is 49.6 Å². The Morgan fingerprint density at radius 1 is 1.11 bits per heavy atom. The zero-order valence-electron chi connectivity index (χ0n) is 11.6. The molecule has 2 saturated heterocycles. The van der Waals surface area contributed by atoms with Crippen LogP contribution in [0, 0.1) is 5.92 Å². The van der Waals surface area contributed by atoms with E-state index in [2.05, 4.69) is 16.7 Å². The molecule has 2 heterocycles. The van der Waals surface area contributed by atoms with Gasteiger partial charge in [0.1, 0.15) is 0 Å². The molecule has 4 nitrogen and oxygen atoms in total. The summed E-state index contributed by atoms with van der Waals surface area (Å²) >= 11 is 0. The number of carbonyl (C=O) groups excluding carboxylic acids is 1. The van der Waals surface area contributed by atoms with Crippen molar-refractivity contribution >= 4 is 5.91 Å². The quantitative estimate of drug-likeness (QED) is 0.818. The van der Waals surface area contributed by atoms with E-state index in [0.29, 0.717) is 18.5 Å². The number of nitrogens with zero attached hydrogens (tertiary/aromatic N) is 2. The number of nitrogens with two attached hydrogens (primary N) is 1. The van der Waals surface area contributed by atoms with Gasteiger partial charge < -0.3 is 10.6 Å². The summed E-state index contributed by atoms with van der Waals surface area (Å²) in [4.78, 5) is 16.5. The Morgan fingerprint density at radius 2 is 1.72 bits per heavy atom. The second-order valence-corrected chi connectivity index (χ2v) is 5.85. The van der Waals surface area contributed by atoms with Crippen LogP contribution in [0.5, 0.6) is 0 Å². The Bertz CT molecular complexity index is 266. The first-order valence-electron chi connectivity index (χ1n) is 7.44. The summed E-state index contributed by atoms with van der Waals surface area (Å²) < 4.78 is 0. The standard InChI is InChI=1S/C14H27N3O/c1-2-12-3-9-17(10-4-12)14(18)11-16-7-5-13(15)6-8-16/h12-13H,2-11,15H2,1H3. The Balaban J connectivity index is 1.72. The van der Waals surface area contributed by atoms with Gasteiger partial charge in [-0.25, -0.2) is 0 Å². The van der Waals surface area contributed by atoms with Crippen LogP contribution in [0.25, 0.3) is 0 Å². The fraction of sp³-hybridized carbons (Fsp3) is 0.929. The summed E-state index contributed by atoms with van der Waals surface area (Å²) in [5.74, 6) is 1.15. The van der Waals surface area contributed by atoms with E-state index in [1.54, 1.807) is 0 Å². The number of piperidine rings is 2. The zero-order valence-corrected chi connectivity index (χ0v) is 11.6. The van der Waals surface area contributed by atoms with Crippen molar-refractivity contribution in [3.05, 3.63) is 0 Å². The Hall–Kier alpha value is -0.610. The van der Waals surface area contributed by atoms with Crippen LogP contribution in [-0.2, 0) is 4.79 Å². The lowest BCUT2D eigenvalue weighted by Crippen LogP contribution is -2.47. The first-order valence-corrected chi connectivity index (χ1v) is 7.44. The lowest BCUT2D eigenvalue weighted by atomic mass is 9.94. The van der Waals surface area contributed by atoms with Gasteiger partial charge in [-0.05, 0) is 31.6 Å². The molecule has 2 rings (SSSR count). The third kappa shape index (κ3) is 3.69. The molecule has 4 heteroatoms. The van der Waals surface area contributed by atoms with E-state index in [-0.39, 0.29) is 0 Å². The molecule has 0 atom stereocenters. The molecule has 0 aromatic carbocycles. The van der Waals surface area contributed by atoms with E-state index in [4.69, 9.17) is 5.73 Å². The highest BCUT2D eigenvalue weighted by Crippen LogP contribution is 2.20. The third-order valence-electron chi connectivity index (χ3n) is 4.54. The molecule has 0 aromatic rings. The average Bonchev–Trinajstić information content (AvgIpc) is 2.41. The molecule has 2 aliphatic heterocycles. The van der Waals surface area contributed by atoms with Gasteiger partial charge in [-0.1, -0.05) is 13.3 Å². The maximum atomic E-state index is 12.2. The van der Waals surface area contributed by atoms with Crippen molar-refractivity contribution in [2.45, 2.75) is 45.1 Å². The lowest BCUT2D eigenvalue weighted by molar-refractivity contribution is -0.134. The fourth-order valence-corrected chi connectivity index (χ4v) is 2.99. The second-order valence-electron chi connectivity index (χ2n) is 5.85. The highest BCUT2D eigenvalue weighted by molar-refractivity contribution is 5.78. The minimum absolute atomic E-state index is 0.319. The van der Waals surface area contributed by atoms with Crippen LogP contribution in [0.1, 0.15) is 39.0 Å². The van der Waals surface area contributed by atoms with Crippen molar-refractivity contribution in [1.82, 2.24) is 9.80 Å². The van der Waals surface area contributed by atoms with Crippen molar-refractivity contribution in [1.29, 1.82) is 0 Å². The van der Waals surface area contributed by atoms with Crippen molar-refractivity contribution in [3.8, 4) is 0 Å². The van der Waals surface area contributed by atoms with Gasteiger partial charge in [-0.2, -0.15) is 0 Å². The molecule has 2 aliphatic rings. The Kier molecular flexibility index (Phi) is 5.01. The van der Waals surface area contributed by atoms with Gasteiger partial charge in [0, 0.05) is 32.2 Å². The van der Waals surface area contributed by atoms with Crippen LogP contribution in [0.3, 0.4) is 0 Å². The normalized spacial score (nSPS) is 24.4. The van der Waals surface area contributed by atoms with Gasteiger partial charge in [0.25, 0.3) is 0 Å². The average molecular weight is 253 g/mol. The van der Waals surface area contributed by atoms with Crippen LogP contribution in [0.4, 0.5) is 0 Å². The van der Waals surface area contributed by atoms with Crippen molar-refractivity contribution in [2.75, 3.05) is 32.7 Å². The van der Waals surface area contributed by atoms with E-state index in [1.165, 1.54) is 19.3 Å². The van der Waals surface area contributed by atoms with E-state index in [0.717, 1.165) is 44.9 Å². The molecular weight excluding hydrogens is 226 g/mol. The van der Waals surface area contributed by atoms with Crippen LogP contribution in [0.2, 0.25) is 0 Å². The molecule has 2 N–H and O–H groups in total. The number of hydrogen-bond acceptors (Lipinski definition) is 3. The largest absolute Gasteiger partial charge is 0.342 e. The predicted molar refractivity (Wildman–Crippen MR) is 73.2 cm³/mol. The number of carbonyl (C=O) groups is 1. The predicted octanol–water partition coefficient (Wildman–Crippen LogP) is 1.06. The lowest BCUT2D eigenvalue weighted by Gasteiger charge is -2.35. The summed E-state index contributed by atoms with van der Waals surface area (Å²) in [6.45, 7) is 6.74. The highest BCUT2D eigenvalue weighted by atomic mass is 16.2. The number of hydrogen-bond donors (Lipinski definition) is 1. The monoisotopic (exact) mass is 253 g/mol. The zero-order chi connectivity index (χ0) is 13.0. The second kappa shape index (κ2) is 6.53. The summed E-state index contributed by atoms with van der Waals surface area (Å²) in [7, 11) is 0. The van der Waals surface area contributed by atoms with E-state index < -0.39 is 0 Å². The van der Waals surface area contributed by atoms with Crippen LogP contribution < -0.4 is 5.73 Å². The van der Waals surface area contributed by atoms with Gasteiger partial charge in [-0.3, -0.25) is 9.69 Å². The number of rotatable bonds is 3. The van der Waals surface area contributed by atoms with Crippen molar-refractivity contribution in [3.63, 3.8) is 0 Å². The third-order valence-corrected chi connectivity index (χ3v) is 4.54. The van der Waals surface area contributed by atoms with Gasteiger partial charge in [-0.15, -0.1) is 0 Å². The molecule has 2 fully saturated rings. The smallest absolute Gasteiger partial charge is 0.236 e. The maximum absolute atomic E-state index is 12.2. The highest BCUT2D eigenvalue weighted by Gasteiger charge is 2.24. The molecule has 0 aliphatic carbocycles. The maximum Gasteiger partial charge on any atom is 0.236 e. The van der Waals surface area contributed by atoms with Crippen LogP contribution in [-0.4, -0.2) is 54.5 Å². The van der Waals surface area contributed by atoms with Crippen molar-refractivity contribution in [2.24, 2.45) is 11.7 Å². The van der Waals surface area contributed by atoms with Gasteiger partial charge in [0.05, 0.1) is 6.54 Å². The minimum atomic E-state index is 0.319. The Labute approximate surface area is 110 Å². The first kappa shape index (κ1) is 13.8. The number of likely N-dealkylation sites (tertiary alicyclic amines) is 2. The molecule has 0 spiro atoms. The minimum Gasteiger partial charge on any atom is -0.342 e. The van der Waals surface area contributed by atoms with Crippen molar-refractivity contribution < 1.29 is 4.79 Å². The number of amides is 1. The molecule has 0 aromatic heterocycles. The molecular formula is C14H27N3O. The molecule has 1 amide bonds. The fourth-order valence-electron chi connectivity index (χ4n) is 2.99. The molecule has 0 saturated carbocycles. The molecule has 0 bridgehead atoms. The molecule has 104 valence electrons. The van der Waals surface area contributed by atoms with Crippen LogP contribution in [0.15, 0.2) is 0 Å². The van der Waals surface area contributed by atoms with Crippen LogP contribution >= 0.6 is 0 Å². The molecule has 0 radical (unpaired) electrons. The first-order chi connectivity index (χ1) is 8.69. The molecule has 18 heavy (non-hydrogen) atoms. The Morgan fingerprint density at radius 3 is 2.28 bits per heavy atom. The van der Waals surface area contributed by atoms with E-state index >= 15 is 0 Å². The van der Waals surface area contributed by atoms with Gasteiger partial charge in [0.15, 0.2) is 0 Å².